The molecular formula is C21H17FN6O2. The SMILES string of the molecule is Cc1nnnn1-c1cc(NC(=O)c2ccnc(OCc3ccccc3)c2)ccc1F. The molecule has 0 radical (unpaired) electrons. The largest absolute Gasteiger partial charge is 0.473 e. The van der Waals surface area contributed by atoms with Crippen molar-refractivity contribution in [2.24, 2.45) is 0 Å². The van der Waals surface area contributed by atoms with E-state index in [1.165, 1.54) is 29.1 Å². The van der Waals surface area contributed by atoms with Gasteiger partial charge in [-0.1, -0.05) is 30.3 Å². The smallest absolute Gasteiger partial charge is 0.255 e. The van der Waals surface area contributed by atoms with Gasteiger partial charge in [0.1, 0.15) is 18.1 Å². The number of benzene rings is 2. The molecule has 2 heterocycles. The standard InChI is InChI=1S/C21H17FN6O2/c1-14-25-26-27-28(14)19-12-17(7-8-18(19)22)24-21(29)16-9-10-23-20(11-16)30-13-15-5-3-2-4-6-15/h2-12H,13H2,1H3,(H,24,29). The molecular weight excluding hydrogens is 387 g/mol. The van der Waals surface area contributed by atoms with E-state index in [1.807, 2.05) is 30.3 Å². The predicted octanol–water partition coefficient (Wildman–Crippen LogP) is 3.34. The van der Waals surface area contributed by atoms with E-state index in [4.69, 9.17) is 4.74 Å². The zero-order valence-corrected chi connectivity index (χ0v) is 16.0. The maximum Gasteiger partial charge on any atom is 0.255 e. The van der Waals surface area contributed by atoms with Crippen LogP contribution in [0.15, 0.2) is 66.9 Å². The summed E-state index contributed by atoms with van der Waals surface area (Å²) >= 11 is 0. The number of carbonyl (C=O) groups excluding carboxylic acids is 1. The van der Waals surface area contributed by atoms with Crippen LogP contribution >= 0.6 is 0 Å². The minimum Gasteiger partial charge on any atom is -0.473 e. The number of nitrogens with one attached hydrogen (secondary N) is 1. The van der Waals surface area contributed by atoms with Crippen LogP contribution in [0.1, 0.15) is 21.7 Å². The van der Waals surface area contributed by atoms with Crippen LogP contribution in [0.3, 0.4) is 0 Å². The van der Waals surface area contributed by atoms with Gasteiger partial charge < -0.3 is 10.1 Å². The van der Waals surface area contributed by atoms with Crippen LogP contribution in [0.2, 0.25) is 0 Å². The van der Waals surface area contributed by atoms with Crippen LogP contribution < -0.4 is 10.1 Å². The Morgan fingerprint density at radius 3 is 2.73 bits per heavy atom. The number of hydrogen-bond acceptors (Lipinski definition) is 6. The molecule has 1 N–H and O–H groups in total. The molecule has 2 aromatic heterocycles. The normalized spacial score (nSPS) is 10.6. The molecule has 0 saturated carbocycles. The van der Waals surface area contributed by atoms with Gasteiger partial charge >= 0.3 is 0 Å². The molecule has 0 bridgehead atoms. The van der Waals surface area contributed by atoms with Gasteiger partial charge in [0.25, 0.3) is 5.91 Å². The second-order valence-corrected chi connectivity index (χ2v) is 6.42. The van der Waals surface area contributed by atoms with E-state index < -0.39 is 5.82 Å². The van der Waals surface area contributed by atoms with Crippen LogP contribution in [-0.4, -0.2) is 31.1 Å². The van der Waals surface area contributed by atoms with Gasteiger partial charge in [-0.25, -0.2) is 9.37 Å². The monoisotopic (exact) mass is 404 g/mol. The van der Waals surface area contributed by atoms with Crippen LogP contribution in [0, 0.1) is 12.7 Å². The van der Waals surface area contributed by atoms with Crippen molar-refractivity contribution in [1.82, 2.24) is 25.2 Å². The van der Waals surface area contributed by atoms with Crippen molar-refractivity contribution in [2.45, 2.75) is 13.5 Å². The second-order valence-electron chi connectivity index (χ2n) is 6.42. The third-order valence-corrected chi connectivity index (χ3v) is 4.28. The van der Waals surface area contributed by atoms with Crippen molar-refractivity contribution in [3.8, 4) is 11.6 Å². The van der Waals surface area contributed by atoms with Crippen molar-refractivity contribution < 1.29 is 13.9 Å². The first kappa shape index (κ1) is 19.2. The van der Waals surface area contributed by atoms with E-state index in [-0.39, 0.29) is 11.6 Å². The molecule has 1 amide bonds. The second kappa shape index (κ2) is 8.48. The molecule has 0 aliphatic carbocycles. The lowest BCUT2D eigenvalue weighted by atomic mass is 10.2. The molecule has 4 aromatic rings. The van der Waals surface area contributed by atoms with Crippen LogP contribution in [-0.2, 0) is 6.61 Å². The number of carbonyl (C=O) groups is 1. The molecule has 2 aromatic carbocycles. The van der Waals surface area contributed by atoms with Crippen molar-refractivity contribution in [1.29, 1.82) is 0 Å². The maximum absolute atomic E-state index is 14.2. The number of aromatic nitrogens is 5. The fourth-order valence-electron chi connectivity index (χ4n) is 2.77. The highest BCUT2D eigenvalue weighted by Gasteiger charge is 2.13. The fraction of sp³-hybridized carbons (Fsp3) is 0.0952. The Labute approximate surface area is 171 Å². The van der Waals surface area contributed by atoms with Crippen molar-refractivity contribution in [3.63, 3.8) is 0 Å². The van der Waals surface area contributed by atoms with Gasteiger partial charge in [0, 0.05) is 23.5 Å². The molecule has 0 aliphatic heterocycles. The van der Waals surface area contributed by atoms with Crippen molar-refractivity contribution in [2.75, 3.05) is 5.32 Å². The van der Waals surface area contributed by atoms with E-state index in [0.717, 1.165) is 5.56 Å². The molecule has 30 heavy (non-hydrogen) atoms. The topological polar surface area (TPSA) is 94.8 Å². The zero-order chi connectivity index (χ0) is 20.9. The summed E-state index contributed by atoms with van der Waals surface area (Å²) in [6.45, 7) is 1.99. The first-order valence-electron chi connectivity index (χ1n) is 9.09. The molecule has 0 unspecified atom stereocenters. The first-order valence-corrected chi connectivity index (χ1v) is 9.09. The average molecular weight is 404 g/mol. The molecule has 0 saturated heterocycles. The van der Waals surface area contributed by atoms with Gasteiger partial charge in [0.2, 0.25) is 5.88 Å². The summed E-state index contributed by atoms with van der Waals surface area (Å²) in [5, 5.41) is 13.8. The Morgan fingerprint density at radius 2 is 1.97 bits per heavy atom. The van der Waals surface area contributed by atoms with Crippen molar-refractivity contribution in [3.05, 3.63) is 89.6 Å². The first-order chi connectivity index (χ1) is 14.6. The minimum absolute atomic E-state index is 0.136. The van der Waals surface area contributed by atoms with E-state index in [0.29, 0.717) is 29.6 Å². The molecule has 0 spiro atoms. The Balaban J connectivity index is 1.48. The number of ether oxygens (including phenoxy) is 1. The number of amides is 1. The van der Waals surface area contributed by atoms with E-state index in [9.17, 15) is 9.18 Å². The summed E-state index contributed by atoms with van der Waals surface area (Å²) < 4.78 is 21.1. The minimum atomic E-state index is -0.510. The summed E-state index contributed by atoms with van der Waals surface area (Å²) in [6.07, 6.45) is 1.50. The molecule has 4 rings (SSSR count). The number of anilines is 1. The number of hydrogen-bond donors (Lipinski definition) is 1. The zero-order valence-electron chi connectivity index (χ0n) is 16.0. The van der Waals surface area contributed by atoms with Gasteiger partial charge in [-0.2, -0.15) is 4.68 Å². The average Bonchev–Trinajstić information content (AvgIpc) is 3.20. The highest BCUT2D eigenvalue weighted by molar-refractivity contribution is 6.04. The van der Waals surface area contributed by atoms with Gasteiger partial charge in [-0.05, 0) is 47.2 Å². The Hall–Kier alpha value is -4.14. The highest BCUT2D eigenvalue weighted by Crippen LogP contribution is 2.20. The fourth-order valence-corrected chi connectivity index (χ4v) is 2.77. The number of tetrazole rings is 1. The number of pyridine rings is 1. The number of rotatable bonds is 6. The van der Waals surface area contributed by atoms with E-state index in [1.54, 1.807) is 19.1 Å². The quantitative estimate of drug-likeness (QED) is 0.530. The van der Waals surface area contributed by atoms with Gasteiger partial charge in [-0.15, -0.1) is 5.10 Å². The van der Waals surface area contributed by atoms with E-state index in [2.05, 4.69) is 25.8 Å². The maximum atomic E-state index is 14.2. The Bertz CT molecular complexity index is 1180. The number of aryl methyl sites for hydroxylation is 1. The van der Waals surface area contributed by atoms with Gasteiger partial charge in [-0.3, -0.25) is 4.79 Å². The van der Waals surface area contributed by atoms with Crippen LogP contribution in [0.4, 0.5) is 10.1 Å². The summed E-state index contributed by atoms with van der Waals surface area (Å²) in [6, 6.07) is 16.9. The Morgan fingerprint density at radius 1 is 1.13 bits per heavy atom. The van der Waals surface area contributed by atoms with Gasteiger partial charge in [0.05, 0.1) is 0 Å². The molecule has 150 valence electrons. The van der Waals surface area contributed by atoms with Crippen LogP contribution in [0.25, 0.3) is 5.69 Å². The summed E-state index contributed by atoms with van der Waals surface area (Å²) in [5.74, 6) is -0.140. The summed E-state index contributed by atoms with van der Waals surface area (Å²) in [5.41, 5.74) is 1.88. The van der Waals surface area contributed by atoms with E-state index >= 15 is 0 Å². The number of halogens is 1. The van der Waals surface area contributed by atoms with Gasteiger partial charge in [0.15, 0.2) is 5.82 Å². The predicted molar refractivity (Wildman–Crippen MR) is 107 cm³/mol. The van der Waals surface area contributed by atoms with Crippen molar-refractivity contribution >= 4 is 11.6 Å². The Kier molecular flexibility index (Phi) is 5.42. The number of nitrogens with zero attached hydrogens (tertiary/aromatic N) is 5. The molecule has 0 aliphatic rings. The van der Waals surface area contributed by atoms with Crippen LogP contribution in [0.5, 0.6) is 5.88 Å². The lowest BCUT2D eigenvalue weighted by Gasteiger charge is -2.10. The molecule has 9 heteroatoms. The summed E-state index contributed by atoms with van der Waals surface area (Å²) in [4.78, 5) is 16.8. The third-order valence-electron chi connectivity index (χ3n) is 4.28. The lowest BCUT2D eigenvalue weighted by Crippen LogP contribution is -2.13. The third kappa shape index (κ3) is 4.30. The molecule has 8 nitrogen and oxygen atoms in total. The molecule has 0 fully saturated rings. The lowest BCUT2D eigenvalue weighted by molar-refractivity contribution is 0.102. The molecule has 0 atom stereocenters. The summed E-state index contributed by atoms with van der Waals surface area (Å²) in [7, 11) is 0. The highest BCUT2D eigenvalue weighted by atomic mass is 19.1.